The van der Waals surface area contributed by atoms with Crippen molar-refractivity contribution in [3.05, 3.63) is 39.5 Å². The Hall–Kier alpha value is -0.350. The molecule has 1 rings (SSSR count). The van der Waals surface area contributed by atoms with Gasteiger partial charge in [-0.05, 0) is 52.8 Å². The second kappa shape index (κ2) is 4.62. The summed E-state index contributed by atoms with van der Waals surface area (Å²) in [5.41, 5.74) is 2.29. The van der Waals surface area contributed by atoms with E-state index in [4.69, 9.17) is 5.11 Å². The van der Waals surface area contributed by atoms with E-state index in [0.717, 1.165) is 5.57 Å². The summed E-state index contributed by atoms with van der Waals surface area (Å²) in [6.07, 6.45) is 1.81. The lowest BCUT2D eigenvalue weighted by Gasteiger charge is -2.00. The second-order valence-electron chi connectivity index (χ2n) is 2.58. The first-order chi connectivity index (χ1) is 5.74. The number of halogens is 1. The summed E-state index contributed by atoms with van der Waals surface area (Å²) in [6.45, 7) is 2.11. The molecular weight excluding hydrogens is 263 g/mol. The van der Waals surface area contributed by atoms with Crippen LogP contribution in [-0.4, -0.2) is 11.7 Å². The highest BCUT2D eigenvalue weighted by molar-refractivity contribution is 14.1. The van der Waals surface area contributed by atoms with Gasteiger partial charge in [0.1, 0.15) is 0 Å². The van der Waals surface area contributed by atoms with Crippen molar-refractivity contribution in [2.75, 3.05) is 6.61 Å². The lowest BCUT2D eigenvalue weighted by atomic mass is 10.1. The Labute approximate surface area is 86.3 Å². The molecule has 1 aromatic carbocycles. The van der Waals surface area contributed by atoms with Crippen molar-refractivity contribution in [1.29, 1.82) is 0 Å². The summed E-state index contributed by atoms with van der Waals surface area (Å²) in [4.78, 5) is 0. The van der Waals surface area contributed by atoms with Crippen LogP contribution in [0.4, 0.5) is 0 Å². The number of aliphatic hydroxyl groups is 1. The Morgan fingerprint density at radius 3 is 2.50 bits per heavy atom. The average Bonchev–Trinajstić information content (AvgIpc) is 2.06. The molecule has 0 radical (unpaired) electrons. The molecule has 0 fully saturated rings. The van der Waals surface area contributed by atoms with Crippen LogP contribution in [0.15, 0.2) is 30.3 Å². The minimum absolute atomic E-state index is 0.109. The van der Waals surface area contributed by atoms with Gasteiger partial charge in [0.25, 0.3) is 0 Å². The second-order valence-corrected chi connectivity index (χ2v) is 3.82. The first-order valence-electron chi connectivity index (χ1n) is 3.77. The van der Waals surface area contributed by atoms with Crippen LogP contribution in [-0.2, 0) is 0 Å². The summed E-state index contributed by atoms with van der Waals surface area (Å²) in [5.74, 6) is 0. The summed E-state index contributed by atoms with van der Waals surface area (Å²) >= 11 is 2.27. The summed E-state index contributed by atoms with van der Waals surface area (Å²) in [7, 11) is 0. The minimum atomic E-state index is 0.109. The van der Waals surface area contributed by atoms with E-state index in [1.165, 1.54) is 9.13 Å². The molecule has 1 nitrogen and oxygen atoms in total. The van der Waals surface area contributed by atoms with Gasteiger partial charge >= 0.3 is 0 Å². The summed E-state index contributed by atoms with van der Waals surface area (Å²) in [6, 6.07) is 8.24. The van der Waals surface area contributed by atoms with Gasteiger partial charge in [0.05, 0.1) is 6.61 Å². The van der Waals surface area contributed by atoms with Crippen molar-refractivity contribution in [2.45, 2.75) is 6.92 Å². The molecule has 0 aliphatic carbocycles. The van der Waals surface area contributed by atoms with Gasteiger partial charge in [-0.2, -0.15) is 0 Å². The van der Waals surface area contributed by atoms with E-state index < -0.39 is 0 Å². The molecule has 12 heavy (non-hydrogen) atoms. The molecule has 2 heteroatoms. The van der Waals surface area contributed by atoms with Crippen LogP contribution in [0.2, 0.25) is 0 Å². The number of benzene rings is 1. The van der Waals surface area contributed by atoms with Crippen molar-refractivity contribution in [2.24, 2.45) is 0 Å². The number of allylic oxidation sites excluding steroid dienone is 1. The van der Waals surface area contributed by atoms with Crippen LogP contribution in [0.5, 0.6) is 0 Å². The van der Waals surface area contributed by atoms with Gasteiger partial charge in [-0.25, -0.2) is 0 Å². The number of hydrogen-bond donors (Lipinski definition) is 1. The molecular formula is C10H11IO. The molecule has 0 aliphatic heterocycles. The molecule has 1 N–H and O–H groups in total. The smallest absolute Gasteiger partial charge is 0.0618 e. The van der Waals surface area contributed by atoms with Gasteiger partial charge in [0.15, 0.2) is 0 Å². The van der Waals surface area contributed by atoms with Crippen LogP contribution in [0.3, 0.4) is 0 Å². The first kappa shape index (κ1) is 9.74. The van der Waals surface area contributed by atoms with Gasteiger partial charge in [0.2, 0.25) is 0 Å². The van der Waals surface area contributed by atoms with Gasteiger partial charge in [-0.1, -0.05) is 18.2 Å². The predicted molar refractivity (Wildman–Crippen MR) is 59.9 cm³/mol. The normalized spacial score (nSPS) is 11.8. The SMILES string of the molecule is C/C(=C\CO)c1ccc(I)cc1. The molecule has 0 unspecified atom stereocenters. The van der Waals surface area contributed by atoms with E-state index in [2.05, 4.69) is 46.9 Å². The molecule has 0 heterocycles. The third kappa shape index (κ3) is 2.60. The highest BCUT2D eigenvalue weighted by Gasteiger charge is 1.93. The minimum Gasteiger partial charge on any atom is -0.392 e. The maximum absolute atomic E-state index is 8.67. The average molecular weight is 274 g/mol. The van der Waals surface area contributed by atoms with Crippen LogP contribution in [0.1, 0.15) is 12.5 Å². The first-order valence-corrected chi connectivity index (χ1v) is 4.85. The van der Waals surface area contributed by atoms with Crippen molar-refractivity contribution >= 4 is 28.2 Å². The maximum atomic E-state index is 8.67. The third-order valence-corrected chi connectivity index (χ3v) is 2.42. The van der Waals surface area contributed by atoms with E-state index >= 15 is 0 Å². The molecule has 0 atom stereocenters. The van der Waals surface area contributed by atoms with E-state index in [0.29, 0.717) is 0 Å². The zero-order valence-corrected chi connectivity index (χ0v) is 9.08. The highest BCUT2D eigenvalue weighted by Crippen LogP contribution is 2.14. The topological polar surface area (TPSA) is 20.2 Å². The van der Waals surface area contributed by atoms with E-state index in [9.17, 15) is 0 Å². The molecule has 0 aliphatic rings. The zero-order chi connectivity index (χ0) is 8.97. The third-order valence-electron chi connectivity index (χ3n) is 1.70. The molecule has 0 amide bonds. The fourth-order valence-electron chi connectivity index (χ4n) is 0.968. The van der Waals surface area contributed by atoms with Crippen LogP contribution in [0, 0.1) is 3.57 Å². The fraction of sp³-hybridized carbons (Fsp3) is 0.200. The van der Waals surface area contributed by atoms with Gasteiger partial charge in [-0.3, -0.25) is 0 Å². The highest BCUT2D eigenvalue weighted by atomic mass is 127. The Bertz CT molecular complexity index is 274. The Balaban J connectivity index is 2.89. The molecule has 0 saturated carbocycles. The quantitative estimate of drug-likeness (QED) is 0.822. The Morgan fingerprint density at radius 1 is 1.42 bits per heavy atom. The van der Waals surface area contributed by atoms with E-state index in [1.807, 2.05) is 13.0 Å². The Kier molecular flexibility index (Phi) is 3.75. The molecule has 0 aromatic heterocycles. The molecule has 64 valence electrons. The van der Waals surface area contributed by atoms with Gasteiger partial charge in [0, 0.05) is 3.57 Å². The molecule has 0 bridgehead atoms. The number of rotatable bonds is 2. The largest absolute Gasteiger partial charge is 0.392 e. The van der Waals surface area contributed by atoms with Crippen LogP contribution >= 0.6 is 22.6 Å². The predicted octanol–water partition coefficient (Wildman–Crippen LogP) is 2.69. The number of hydrogen-bond acceptors (Lipinski definition) is 1. The zero-order valence-electron chi connectivity index (χ0n) is 6.92. The van der Waals surface area contributed by atoms with E-state index in [1.54, 1.807) is 0 Å². The van der Waals surface area contributed by atoms with Gasteiger partial charge in [-0.15, -0.1) is 0 Å². The van der Waals surface area contributed by atoms with Crippen molar-refractivity contribution in [3.63, 3.8) is 0 Å². The standard InChI is InChI=1S/C10H11IO/c1-8(6-7-12)9-2-4-10(11)5-3-9/h2-6,12H,7H2,1H3/b8-6+. The number of aliphatic hydroxyl groups excluding tert-OH is 1. The lowest BCUT2D eigenvalue weighted by molar-refractivity contribution is 0.343. The van der Waals surface area contributed by atoms with Crippen LogP contribution in [0.25, 0.3) is 5.57 Å². The van der Waals surface area contributed by atoms with E-state index in [-0.39, 0.29) is 6.61 Å². The van der Waals surface area contributed by atoms with Crippen molar-refractivity contribution in [3.8, 4) is 0 Å². The molecule has 1 aromatic rings. The van der Waals surface area contributed by atoms with Crippen molar-refractivity contribution in [1.82, 2.24) is 0 Å². The Morgan fingerprint density at radius 2 is 2.00 bits per heavy atom. The molecule has 0 saturated heterocycles. The maximum Gasteiger partial charge on any atom is 0.0618 e. The molecule has 0 spiro atoms. The fourth-order valence-corrected chi connectivity index (χ4v) is 1.33. The summed E-state index contributed by atoms with van der Waals surface area (Å²) < 4.78 is 1.23. The monoisotopic (exact) mass is 274 g/mol. The van der Waals surface area contributed by atoms with Crippen molar-refractivity contribution < 1.29 is 5.11 Å². The van der Waals surface area contributed by atoms with Crippen LogP contribution < -0.4 is 0 Å². The summed E-state index contributed by atoms with van der Waals surface area (Å²) in [5, 5.41) is 8.67. The lowest BCUT2D eigenvalue weighted by Crippen LogP contribution is -1.82. The van der Waals surface area contributed by atoms with Gasteiger partial charge < -0.3 is 5.11 Å².